The summed E-state index contributed by atoms with van der Waals surface area (Å²) in [5.41, 5.74) is -3.09. The van der Waals surface area contributed by atoms with Gasteiger partial charge in [0.1, 0.15) is 4.90 Å². The van der Waals surface area contributed by atoms with Gasteiger partial charge in [-0.05, 0) is 6.07 Å². The van der Waals surface area contributed by atoms with Crippen molar-refractivity contribution in [2.24, 2.45) is 0 Å². The minimum absolute atomic E-state index is 0. The van der Waals surface area contributed by atoms with Crippen LogP contribution >= 0.6 is 0 Å². The van der Waals surface area contributed by atoms with E-state index in [2.05, 4.69) is 0 Å². The van der Waals surface area contributed by atoms with Crippen LogP contribution in [-0.2, 0) is 16.0 Å². The van der Waals surface area contributed by atoms with Crippen LogP contribution in [0.4, 0.5) is 83.4 Å². The molecule has 0 aliphatic heterocycles. The van der Waals surface area contributed by atoms with E-state index in [9.17, 15) is 91.8 Å². The Hall–Kier alpha value is -1.20. The summed E-state index contributed by atoms with van der Waals surface area (Å²) in [5.74, 6) is -68.6. The van der Waals surface area contributed by atoms with Gasteiger partial charge >= 0.3 is 83.1 Å². The van der Waals surface area contributed by atoms with Crippen LogP contribution < -0.4 is 0 Å². The molecule has 224 valence electrons. The minimum atomic E-state index is -9.09. The van der Waals surface area contributed by atoms with Gasteiger partial charge in [-0.3, -0.25) is 4.55 Å². The van der Waals surface area contributed by atoms with Crippen molar-refractivity contribution in [3.8, 4) is 0 Å². The molecule has 0 aliphatic carbocycles. The van der Waals surface area contributed by atoms with Gasteiger partial charge < -0.3 is 0 Å². The molecule has 0 unspecified atom stereocenters. The van der Waals surface area contributed by atoms with Crippen molar-refractivity contribution >= 4 is 39.7 Å². The zero-order chi connectivity index (χ0) is 31.0. The second kappa shape index (κ2) is 9.96. The molecule has 0 spiro atoms. The number of alkyl halides is 19. The number of benzene rings is 1. The van der Waals surface area contributed by atoms with Crippen molar-refractivity contribution in [1.82, 2.24) is 0 Å². The Bertz CT molecular complexity index is 1160. The summed E-state index contributed by atoms with van der Waals surface area (Å²) in [5, 5.41) is 0. The molecule has 0 heterocycles. The Morgan fingerprint density at radius 3 is 1.08 bits per heavy atom. The summed E-state index contributed by atoms with van der Waals surface area (Å²) in [6, 6.07) is -0.554. The average molecular weight is 650 g/mol. The fraction of sp³-hybridized carbons (Fsp3) is 0.600. The van der Waals surface area contributed by atoms with Crippen molar-refractivity contribution in [2.75, 3.05) is 0 Å². The molecule has 39 heavy (non-hydrogen) atoms. The van der Waals surface area contributed by atoms with E-state index in [0.717, 1.165) is 0 Å². The molecular weight excluding hydrogens is 644 g/mol. The van der Waals surface area contributed by atoms with Gasteiger partial charge in [-0.25, -0.2) is 0 Å². The molecule has 0 bridgehead atoms. The van der Waals surface area contributed by atoms with Crippen LogP contribution in [0.2, 0.25) is 0 Å². The first-order valence-electron chi connectivity index (χ1n) is 8.39. The predicted molar refractivity (Wildman–Crippen MR) is 88.0 cm³/mol. The third kappa shape index (κ3) is 5.07. The zero-order valence-electron chi connectivity index (χ0n) is 16.7. The van der Waals surface area contributed by atoms with Crippen LogP contribution in [0.15, 0.2) is 29.2 Å². The SMILES string of the molecule is O=S(=O)(O)c1ccccc1C(F)(F)C(F)(F)C(F)(F)C(F)(F)C(F)(F)C(F)(F)C(F)(F)C(F)(F)C(F)(F)F.[NaH]. The zero-order valence-corrected chi connectivity index (χ0v) is 17.5. The summed E-state index contributed by atoms with van der Waals surface area (Å²) in [7, 11) is -6.16. The molecule has 1 N–H and O–H groups in total. The van der Waals surface area contributed by atoms with Crippen LogP contribution in [0.1, 0.15) is 5.56 Å². The van der Waals surface area contributed by atoms with E-state index in [1.807, 2.05) is 0 Å². The van der Waals surface area contributed by atoms with E-state index < -0.39 is 80.2 Å². The Labute approximate surface area is 224 Å². The van der Waals surface area contributed by atoms with Crippen molar-refractivity contribution < 1.29 is 96.4 Å². The van der Waals surface area contributed by atoms with Crippen LogP contribution in [-0.4, -0.2) is 90.2 Å². The summed E-state index contributed by atoms with van der Waals surface area (Å²) in [4.78, 5) is -2.49. The van der Waals surface area contributed by atoms with Crippen LogP contribution in [0.5, 0.6) is 0 Å². The molecule has 1 aromatic carbocycles. The summed E-state index contributed by atoms with van der Waals surface area (Å²) < 4.78 is 284. The summed E-state index contributed by atoms with van der Waals surface area (Å²) >= 11 is 0. The second-order valence-electron chi connectivity index (χ2n) is 7.06. The van der Waals surface area contributed by atoms with E-state index in [0.29, 0.717) is 6.07 Å². The molecule has 1 aromatic rings. The van der Waals surface area contributed by atoms with Gasteiger partial charge in [-0.1, -0.05) is 18.2 Å². The molecule has 3 nitrogen and oxygen atoms in total. The van der Waals surface area contributed by atoms with Gasteiger partial charge in [-0.15, -0.1) is 0 Å². The average Bonchev–Trinajstić information content (AvgIpc) is 2.71. The molecule has 24 heteroatoms. The Morgan fingerprint density at radius 2 is 0.769 bits per heavy atom. The van der Waals surface area contributed by atoms with Crippen molar-refractivity contribution in [3.05, 3.63) is 29.8 Å². The molecule has 0 fully saturated rings. The maximum atomic E-state index is 14.2. The summed E-state index contributed by atoms with van der Waals surface area (Å²) in [6.07, 6.45) is -7.98. The van der Waals surface area contributed by atoms with Gasteiger partial charge in [0.05, 0.1) is 0 Å². The molecule has 0 aromatic heterocycles. The van der Waals surface area contributed by atoms with E-state index in [1.54, 1.807) is 0 Å². The topological polar surface area (TPSA) is 54.4 Å². The van der Waals surface area contributed by atoms with Crippen molar-refractivity contribution in [3.63, 3.8) is 0 Å². The Kier molecular flexibility index (Phi) is 9.66. The number of hydrogen-bond acceptors (Lipinski definition) is 2. The standard InChI is InChI=1S/C15H5F19O3S.Na.H/c16-7(17,5-3-1-2-4-6(5)38(35,36)37)8(18,19)9(20,21)10(22,23)11(24,25)12(26,27)13(28,29)14(30,31)15(32,33)34;;/h1-4H,(H,35,36,37);;. The van der Waals surface area contributed by atoms with E-state index >= 15 is 0 Å². The first kappa shape index (κ1) is 37.8. The quantitative estimate of drug-likeness (QED) is 0.192. The normalized spacial score (nSPS) is 15.7. The van der Waals surface area contributed by atoms with Crippen LogP contribution in [0.25, 0.3) is 0 Å². The Balaban J connectivity index is 0.0000144. The third-order valence-electron chi connectivity index (χ3n) is 4.62. The fourth-order valence-corrected chi connectivity index (χ4v) is 3.21. The second-order valence-corrected chi connectivity index (χ2v) is 8.45. The predicted octanol–water partition coefficient (Wildman–Crippen LogP) is 6.39. The number of rotatable bonds is 9. The third-order valence-corrected chi connectivity index (χ3v) is 5.53. The van der Waals surface area contributed by atoms with Crippen LogP contribution in [0.3, 0.4) is 0 Å². The maximum absolute atomic E-state index is 14.2. The van der Waals surface area contributed by atoms with Gasteiger partial charge in [0.2, 0.25) is 0 Å². The first-order chi connectivity index (χ1) is 16.2. The fourth-order valence-electron chi connectivity index (χ4n) is 2.48. The molecule has 0 atom stereocenters. The molecule has 0 saturated heterocycles. The van der Waals surface area contributed by atoms with E-state index in [-0.39, 0.29) is 41.7 Å². The van der Waals surface area contributed by atoms with Gasteiger partial charge in [0, 0.05) is 5.56 Å². The van der Waals surface area contributed by atoms with Gasteiger partial charge in [-0.2, -0.15) is 91.8 Å². The number of halogens is 19. The molecule has 0 aliphatic rings. The number of hydrogen-bond donors (Lipinski definition) is 1. The first-order valence-corrected chi connectivity index (χ1v) is 9.83. The molecule has 0 saturated carbocycles. The molecule has 0 amide bonds. The molecular formula is C15H6F19NaO3S. The van der Waals surface area contributed by atoms with Crippen molar-refractivity contribution in [2.45, 2.75) is 58.5 Å². The van der Waals surface area contributed by atoms with Gasteiger partial charge in [0.25, 0.3) is 10.1 Å². The van der Waals surface area contributed by atoms with Crippen LogP contribution in [0, 0.1) is 0 Å². The van der Waals surface area contributed by atoms with Gasteiger partial charge in [0.15, 0.2) is 0 Å². The van der Waals surface area contributed by atoms with E-state index in [1.165, 1.54) is 0 Å². The van der Waals surface area contributed by atoms with Crippen molar-refractivity contribution in [1.29, 1.82) is 0 Å². The summed E-state index contributed by atoms with van der Waals surface area (Å²) in [6.45, 7) is 0. The molecule has 1 rings (SSSR count). The monoisotopic (exact) mass is 650 g/mol. The molecule has 0 radical (unpaired) electrons. The Morgan fingerprint density at radius 1 is 0.487 bits per heavy atom. The van der Waals surface area contributed by atoms with E-state index in [4.69, 9.17) is 4.55 Å².